The van der Waals surface area contributed by atoms with E-state index in [0.29, 0.717) is 41.1 Å². The van der Waals surface area contributed by atoms with Gasteiger partial charge in [-0.2, -0.15) is 0 Å². The first kappa shape index (κ1) is 20.9. The minimum absolute atomic E-state index is 0.0373. The summed E-state index contributed by atoms with van der Waals surface area (Å²) in [4.78, 5) is 42.7. The molecular formula is C26H27FN2O3. The van der Waals surface area contributed by atoms with Crippen LogP contribution in [0.2, 0.25) is 0 Å². The zero-order chi connectivity index (χ0) is 22.4. The highest BCUT2D eigenvalue weighted by molar-refractivity contribution is 6.21. The lowest BCUT2D eigenvalue weighted by molar-refractivity contribution is -0.141. The second-order valence-electron chi connectivity index (χ2n) is 9.24. The third kappa shape index (κ3) is 3.33. The number of nitrogens with zero attached hydrogens (tertiary/aromatic N) is 2. The predicted octanol–water partition coefficient (Wildman–Crippen LogP) is 4.37. The van der Waals surface area contributed by atoms with Crippen molar-refractivity contribution >= 4 is 17.7 Å². The molecule has 1 saturated carbocycles. The lowest BCUT2D eigenvalue weighted by atomic mass is 9.78. The molecule has 2 aromatic carbocycles. The number of halogens is 1. The second kappa shape index (κ2) is 8.15. The molecule has 2 aliphatic heterocycles. The second-order valence-corrected chi connectivity index (χ2v) is 9.24. The smallest absolute Gasteiger partial charge is 0.261 e. The summed E-state index contributed by atoms with van der Waals surface area (Å²) in [5, 5.41) is 0. The van der Waals surface area contributed by atoms with E-state index < -0.39 is 6.04 Å². The normalized spacial score (nSPS) is 25.0. The number of rotatable bonds is 3. The van der Waals surface area contributed by atoms with Crippen LogP contribution in [0.5, 0.6) is 0 Å². The summed E-state index contributed by atoms with van der Waals surface area (Å²) < 4.78 is 14.6. The van der Waals surface area contributed by atoms with E-state index in [2.05, 4.69) is 6.92 Å². The highest BCUT2D eigenvalue weighted by Gasteiger charge is 2.42. The summed E-state index contributed by atoms with van der Waals surface area (Å²) >= 11 is 0. The Morgan fingerprint density at radius 3 is 2.38 bits per heavy atom. The SMILES string of the molecule is CC1CCCCC1C(=O)N1CCc2c(F)cccc2C1CN1C(=O)c2ccccc2C1=O. The van der Waals surface area contributed by atoms with Gasteiger partial charge in [0.05, 0.1) is 23.7 Å². The van der Waals surface area contributed by atoms with Gasteiger partial charge in [0.25, 0.3) is 11.8 Å². The minimum Gasteiger partial charge on any atom is -0.333 e. The Morgan fingerprint density at radius 1 is 1.00 bits per heavy atom. The third-order valence-electron chi connectivity index (χ3n) is 7.44. The van der Waals surface area contributed by atoms with Crippen molar-refractivity contribution in [2.24, 2.45) is 11.8 Å². The maximum atomic E-state index is 14.6. The van der Waals surface area contributed by atoms with Crippen molar-refractivity contribution < 1.29 is 18.8 Å². The largest absolute Gasteiger partial charge is 0.333 e. The molecule has 0 radical (unpaired) electrons. The summed E-state index contributed by atoms with van der Waals surface area (Å²) in [6, 6.07) is 11.1. The molecule has 2 aromatic rings. The topological polar surface area (TPSA) is 57.7 Å². The molecule has 32 heavy (non-hydrogen) atoms. The van der Waals surface area contributed by atoms with Crippen molar-refractivity contribution in [3.63, 3.8) is 0 Å². The van der Waals surface area contributed by atoms with Gasteiger partial charge >= 0.3 is 0 Å². The molecule has 6 heteroatoms. The number of imide groups is 1. The molecule has 3 unspecified atom stereocenters. The zero-order valence-corrected chi connectivity index (χ0v) is 18.2. The van der Waals surface area contributed by atoms with Crippen molar-refractivity contribution in [2.75, 3.05) is 13.1 Å². The molecule has 5 rings (SSSR count). The monoisotopic (exact) mass is 434 g/mol. The van der Waals surface area contributed by atoms with Gasteiger partial charge in [0, 0.05) is 12.5 Å². The number of amides is 3. The van der Waals surface area contributed by atoms with Crippen LogP contribution in [0.4, 0.5) is 4.39 Å². The quantitative estimate of drug-likeness (QED) is 0.674. The van der Waals surface area contributed by atoms with E-state index in [9.17, 15) is 18.8 Å². The fraction of sp³-hybridized carbons (Fsp3) is 0.423. The Labute approximate surface area is 187 Å². The van der Waals surface area contributed by atoms with Gasteiger partial charge in [-0.05, 0) is 54.5 Å². The van der Waals surface area contributed by atoms with E-state index in [1.165, 1.54) is 11.0 Å². The molecule has 0 spiro atoms. The van der Waals surface area contributed by atoms with Gasteiger partial charge in [0.15, 0.2) is 0 Å². The molecule has 0 saturated heterocycles. The van der Waals surface area contributed by atoms with Gasteiger partial charge in [-0.3, -0.25) is 19.3 Å². The molecule has 2 heterocycles. The lowest BCUT2D eigenvalue weighted by Crippen LogP contribution is -2.49. The zero-order valence-electron chi connectivity index (χ0n) is 18.2. The number of hydrogen-bond acceptors (Lipinski definition) is 3. The Morgan fingerprint density at radius 2 is 1.69 bits per heavy atom. The molecule has 0 aromatic heterocycles. The molecule has 1 fully saturated rings. The number of hydrogen-bond donors (Lipinski definition) is 0. The Balaban J connectivity index is 1.50. The van der Waals surface area contributed by atoms with Gasteiger partial charge in [-0.25, -0.2) is 4.39 Å². The van der Waals surface area contributed by atoms with Crippen LogP contribution in [0.25, 0.3) is 0 Å². The highest BCUT2D eigenvalue weighted by Crippen LogP contribution is 2.38. The van der Waals surface area contributed by atoms with Crippen LogP contribution in [-0.2, 0) is 11.2 Å². The summed E-state index contributed by atoms with van der Waals surface area (Å²) in [6.07, 6.45) is 4.48. The summed E-state index contributed by atoms with van der Waals surface area (Å²) in [5.74, 6) is -0.713. The number of carbonyl (C=O) groups is 3. The first-order chi connectivity index (χ1) is 15.5. The first-order valence-corrected chi connectivity index (χ1v) is 11.5. The van der Waals surface area contributed by atoms with E-state index in [4.69, 9.17) is 0 Å². The van der Waals surface area contributed by atoms with Crippen molar-refractivity contribution in [3.8, 4) is 0 Å². The average Bonchev–Trinajstić information content (AvgIpc) is 3.04. The number of benzene rings is 2. The first-order valence-electron chi connectivity index (χ1n) is 11.5. The average molecular weight is 435 g/mol. The van der Waals surface area contributed by atoms with Crippen molar-refractivity contribution in [1.82, 2.24) is 9.80 Å². The standard InChI is InChI=1S/C26H27FN2O3/c1-16-7-2-3-8-17(16)24(30)28-14-13-18-19(11-6-12-22(18)27)23(28)15-29-25(31)20-9-4-5-10-21(20)26(29)32/h4-6,9-12,16-17,23H,2-3,7-8,13-15H2,1H3. The predicted molar refractivity (Wildman–Crippen MR) is 117 cm³/mol. The lowest BCUT2D eigenvalue weighted by Gasteiger charge is -2.42. The summed E-state index contributed by atoms with van der Waals surface area (Å²) in [6.45, 7) is 2.55. The highest BCUT2D eigenvalue weighted by atomic mass is 19.1. The number of carbonyl (C=O) groups excluding carboxylic acids is 3. The van der Waals surface area contributed by atoms with Crippen LogP contribution in [0, 0.1) is 17.7 Å². The summed E-state index contributed by atoms with van der Waals surface area (Å²) in [7, 11) is 0. The van der Waals surface area contributed by atoms with Crippen LogP contribution >= 0.6 is 0 Å². The Kier molecular flexibility index (Phi) is 5.31. The molecule has 0 bridgehead atoms. The Bertz CT molecular complexity index is 1060. The fourth-order valence-corrected chi connectivity index (χ4v) is 5.64. The van der Waals surface area contributed by atoms with E-state index >= 15 is 0 Å². The molecule has 3 atom stereocenters. The molecule has 5 nitrogen and oxygen atoms in total. The molecule has 3 aliphatic rings. The van der Waals surface area contributed by atoms with Crippen molar-refractivity contribution in [1.29, 1.82) is 0 Å². The van der Waals surface area contributed by atoms with E-state index in [-0.39, 0.29) is 36.0 Å². The van der Waals surface area contributed by atoms with E-state index in [0.717, 1.165) is 25.7 Å². The van der Waals surface area contributed by atoms with Crippen LogP contribution < -0.4 is 0 Å². The van der Waals surface area contributed by atoms with Crippen LogP contribution in [0.15, 0.2) is 42.5 Å². The summed E-state index contributed by atoms with van der Waals surface area (Å²) in [5.41, 5.74) is 2.04. The van der Waals surface area contributed by atoms with Crippen molar-refractivity contribution in [2.45, 2.75) is 45.1 Å². The molecule has 166 valence electrons. The van der Waals surface area contributed by atoms with Gasteiger partial charge in [-0.15, -0.1) is 0 Å². The fourth-order valence-electron chi connectivity index (χ4n) is 5.64. The van der Waals surface area contributed by atoms with Gasteiger partial charge in [0.1, 0.15) is 5.82 Å². The molecule has 1 aliphatic carbocycles. The van der Waals surface area contributed by atoms with Crippen LogP contribution in [-0.4, -0.2) is 40.6 Å². The van der Waals surface area contributed by atoms with Crippen molar-refractivity contribution in [3.05, 3.63) is 70.5 Å². The van der Waals surface area contributed by atoms with Crippen LogP contribution in [0.3, 0.4) is 0 Å². The van der Waals surface area contributed by atoms with Gasteiger partial charge in [-0.1, -0.05) is 44.0 Å². The van der Waals surface area contributed by atoms with E-state index in [1.54, 1.807) is 35.2 Å². The Hall–Kier alpha value is -3.02. The van der Waals surface area contributed by atoms with E-state index in [1.807, 2.05) is 6.07 Å². The minimum atomic E-state index is -0.543. The number of fused-ring (bicyclic) bond motifs is 2. The third-order valence-corrected chi connectivity index (χ3v) is 7.44. The van der Waals surface area contributed by atoms with Gasteiger partial charge in [0.2, 0.25) is 5.91 Å². The molecular weight excluding hydrogens is 407 g/mol. The van der Waals surface area contributed by atoms with Gasteiger partial charge < -0.3 is 4.90 Å². The molecule has 3 amide bonds. The van der Waals surface area contributed by atoms with Crippen LogP contribution in [0.1, 0.15) is 70.5 Å². The maximum absolute atomic E-state index is 14.6. The maximum Gasteiger partial charge on any atom is 0.261 e. The molecule has 0 N–H and O–H groups in total.